The number of hydrogen-bond acceptors (Lipinski definition) is 1. The second kappa shape index (κ2) is 13.1. The van der Waals surface area contributed by atoms with Crippen LogP contribution in [0.3, 0.4) is 0 Å². The van der Waals surface area contributed by atoms with Crippen molar-refractivity contribution >= 4 is 38.6 Å². The number of fused-ring (bicyclic) bond motifs is 9. The Morgan fingerprint density at radius 1 is 0.321 bits per heavy atom. The molecule has 53 heavy (non-hydrogen) atoms. The van der Waals surface area contributed by atoms with Crippen molar-refractivity contribution in [3.63, 3.8) is 0 Å². The second-order valence-corrected chi connectivity index (χ2v) is 14.1. The molecule has 9 aromatic rings. The highest BCUT2D eigenvalue weighted by molar-refractivity contribution is 6.08. The van der Waals surface area contributed by atoms with Crippen LogP contribution >= 0.6 is 0 Å². The van der Waals surface area contributed by atoms with Crippen LogP contribution in [0.5, 0.6) is 0 Å². The van der Waals surface area contributed by atoms with Gasteiger partial charge in [-0.3, -0.25) is 0 Å². The van der Waals surface area contributed by atoms with Crippen molar-refractivity contribution in [2.45, 2.75) is 12.8 Å². The minimum absolute atomic E-state index is 0.834. The van der Waals surface area contributed by atoms with Gasteiger partial charge in [0.2, 0.25) is 0 Å². The molecule has 1 aliphatic rings. The van der Waals surface area contributed by atoms with E-state index in [1.165, 1.54) is 82.9 Å². The molecule has 1 nitrogen and oxygen atoms in total. The van der Waals surface area contributed by atoms with Crippen molar-refractivity contribution < 1.29 is 0 Å². The van der Waals surface area contributed by atoms with E-state index in [1.54, 1.807) is 0 Å². The van der Waals surface area contributed by atoms with Crippen LogP contribution in [-0.4, -0.2) is 0 Å². The maximum absolute atomic E-state index is 2.44. The molecular formula is C52H37N. The van der Waals surface area contributed by atoms with E-state index in [9.17, 15) is 0 Å². The largest absolute Gasteiger partial charge is 0.310 e. The standard InChI is InChI=1S/C52H37N/c1-2-18-44(19-3-1)53(45-30-27-36(28-31-45)38-29-32-49-42(33-38)26-25-37-13-4-8-20-46(37)49)51-24-12-17-43-35-40-15-6-10-22-48(40)47-21-9-5-14-39(47)34-41-16-7-11-23-50(41)52(43)51/h1-33H,34-35H2. The summed E-state index contributed by atoms with van der Waals surface area (Å²) < 4.78 is 0. The molecule has 0 heterocycles. The van der Waals surface area contributed by atoms with Crippen molar-refractivity contribution in [3.8, 4) is 33.4 Å². The summed E-state index contributed by atoms with van der Waals surface area (Å²) in [6.45, 7) is 0. The Hall–Kier alpha value is -6.70. The van der Waals surface area contributed by atoms with Crippen molar-refractivity contribution in [1.82, 2.24) is 0 Å². The Morgan fingerprint density at radius 2 is 0.849 bits per heavy atom. The topological polar surface area (TPSA) is 3.24 Å². The number of para-hydroxylation sites is 1. The van der Waals surface area contributed by atoms with Crippen LogP contribution in [0.1, 0.15) is 22.3 Å². The predicted octanol–water partition coefficient (Wildman–Crippen LogP) is 14.0. The summed E-state index contributed by atoms with van der Waals surface area (Å²) >= 11 is 0. The Morgan fingerprint density at radius 3 is 1.60 bits per heavy atom. The van der Waals surface area contributed by atoms with Gasteiger partial charge in [0.1, 0.15) is 0 Å². The van der Waals surface area contributed by atoms with Gasteiger partial charge in [0, 0.05) is 16.9 Å². The normalized spacial score (nSPS) is 12.0. The molecule has 0 saturated heterocycles. The summed E-state index contributed by atoms with van der Waals surface area (Å²) in [6, 6.07) is 73.7. The fraction of sp³-hybridized carbons (Fsp3) is 0.0385. The van der Waals surface area contributed by atoms with Crippen molar-refractivity contribution in [3.05, 3.63) is 222 Å². The molecule has 1 heteroatoms. The van der Waals surface area contributed by atoms with E-state index >= 15 is 0 Å². The molecule has 0 aromatic heterocycles. The van der Waals surface area contributed by atoms with Crippen LogP contribution in [-0.2, 0) is 12.8 Å². The summed E-state index contributed by atoms with van der Waals surface area (Å²) in [5.41, 5.74) is 16.4. The average molecular weight is 676 g/mol. The van der Waals surface area contributed by atoms with Gasteiger partial charge >= 0.3 is 0 Å². The van der Waals surface area contributed by atoms with Crippen LogP contribution in [0.4, 0.5) is 17.1 Å². The molecule has 0 N–H and O–H groups in total. The summed E-state index contributed by atoms with van der Waals surface area (Å²) in [6.07, 6.45) is 1.69. The lowest BCUT2D eigenvalue weighted by atomic mass is 9.83. The third-order valence-electron chi connectivity index (χ3n) is 11.0. The number of hydrogen-bond donors (Lipinski definition) is 0. The fourth-order valence-electron chi connectivity index (χ4n) is 8.43. The molecule has 1 aliphatic carbocycles. The van der Waals surface area contributed by atoms with Crippen LogP contribution < -0.4 is 4.90 Å². The van der Waals surface area contributed by atoms with Gasteiger partial charge in [0.25, 0.3) is 0 Å². The SMILES string of the molecule is c1ccc(N(c2ccc(-c3ccc4c(ccc5ccccc54)c3)cc2)c2cccc3c2-c2ccccc2Cc2ccccc2-c2ccccc2C3)cc1. The third kappa shape index (κ3) is 5.59. The van der Waals surface area contributed by atoms with Crippen LogP contribution in [0, 0.1) is 0 Å². The Labute approximate surface area is 311 Å². The molecule has 0 radical (unpaired) electrons. The first-order chi connectivity index (χ1) is 26.3. The van der Waals surface area contributed by atoms with Crippen LogP contribution in [0.15, 0.2) is 200 Å². The molecule has 0 unspecified atom stereocenters. The summed E-state index contributed by atoms with van der Waals surface area (Å²) in [4.78, 5) is 2.44. The summed E-state index contributed by atoms with van der Waals surface area (Å²) in [5, 5.41) is 5.12. The zero-order valence-corrected chi connectivity index (χ0v) is 29.4. The first-order valence-electron chi connectivity index (χ1n) is 18.5. The van der Waals surface area contributed by atoms with Gasteiger partial charge in [-0.05, 0) is 121 Å². The quantitative estimate of drug-likeness (QED) is 0.168. The number of benzene rings is 9. The van der Waals surface area contributed by atoms with E-state index < -0.39 is 0 Å². The second-order valence-electron chi connectivity index (χ2n) is 14.1. The highest BCUT2D eigenvalue weighted by atomic mass is 15.1. The minimum atomic E-state index is 0.834. The maximum Gasteiger partial charge on any atom is 0.0543 e. The van der Waals surface area contributed by atoms with E-state index in [1.807, 2.05) is 0 Å². The Kier molecular flexibility index (Phi) is 7.69. The van der Waals surface area contributed by atoms with Gasteiger partial charge in [0.05, 0.1) is 5.69 Å². The van der Waals surface area contributed by atoms with Gasteiger partial charge in [-0.25, -0.2) is 0 Å². The first kappa shape index (κ1) is 31.1. The third-order valence-corrected chi connectivity index (χ3v) is 11.0. The van der Waals surface area contributed by atoms with Gasteiger partial charge in [0.15, 0.2) is 0 Å². The van der Waals surface area contributed by atoms with E-state index in [0.717, 1.165) is 24.2 Å². The summed E-state index contributed by atoms with van der Waals surface area (Å²) in [7, 11) is 0. The number of rotatable bonds is 4. The maximum atomic E-state index is 2.44. The fourth-order valence-corrected chi connectivity index (χ4v) is 8.43. The lowest BCUT2D eigenvalue weighted by Crippen LogP contribution is -2.13. The van der Waals surface area contributed by atoms with Gasteiger partial charge in [-0.1, -0.05) is 164 Å². The highest BCUT2D eigenvalue weighted by Crippen LogP contribution is 2.46. The molecular weight excluding hydrogens is 639 g/mol. The average Bonchev–Trinajstić information content (AvgIpc) is 3.22. The van der Waals surface area contributed by atoms with Gasteiger partial charge in [-0.15, -0.1) is 0 Å². The molecule has 0 bridgehead atoms. The molecule has 0 spiro atoms. The minimum Gasteiger partial charge on any atom is -0.310 e. The smallest absolute Gasteiger partial charge is 0.0543 e. The molecule has 10 rings (SSSR count). The number of anilines is 3. The molecule has 9 aromatic carbocycles. The number of nitrogens with zero attached hydrogens (tertiary/aromatic N) is 1. The monoisotopic (exact) mass is 675 g/mol. The molecule has 0 aliphatic heterocycles. The van der Waals surface area contributed by atoms with Crippen LogP contribution in [0.2, 0.25) is 0 Å². The molecule has 0 atom stereocenters. The zero-order chi connectivity index (χ0) is 35.1. The summed E-state index contributed by atoms with van der Waals surface area (Å²) in [5.74, 6) is 0. The highest BCUT2D eigenvalue weighted by Gasteiger charge is 2.24. The van der Waals surface area contributed by atoms with E-state index in [-0.39, 0.29) is 0 Å². The zero-order valence-electron chi connectivity index (χ0n) is 29.4. The van der Waals surface area contributed by atoms with Crippen molar-refractivity contribution in [2.24, 2.45) is 0 Å². The van der Waals surface area contributed by atoms with Gasteiger partial charge < -0.3 is 4.90 Å². The van der Waals surface area contributed by atoms with Crippen molar-refractivity contribution in [1.29, 1.82) is 0 Å². The molecule has 0 saturated carbocycles. The Bertz CT molecular complexity index is 2780. The van der Waals surface area contributed by atoms with E-state index in [2.05, 4.69) is 205 Å². The molecule has 0 amide bonds. The molecule has 0 fully saturated rings. The van der Waals surface area contributed by atoms with E-state index in [4.69, 9.17) is 0 Å². The van der Waals surface area contributed by atoms with E-state index in [0.29, 0.717) is 0 Å². The molecule has 250 valence electrons. The van der Waals surface area contributed by atoms with Gasteiger partial charge in [-0.2, -0.15) is 0 Å². The Balaban J connectivity index is 1.13. The lowest BCUT2D eigenvalue weighted by molar-refractivity contribution is 1.14. The lowest BCUT2D eigenvalue weighted by Gasteiger charge is -2.30. The van der Waals surface area contributed by atoms with Crippen LogP contribution in [0.25, 0.3) is 54.9 Å². The first-order valence-corrected chi connectivity index (χ1v) is 18.5. The van der Waals surface area contributed by atoms with Crippen molar-refractivity contribution in [2.75, 3.05) is 4.90 Å². The predicted molar refractivity (Wildman–Crippen MR) is 224 cm³/mol.